The number of benzene rings is 1. The summed E-state index contributed by atoms with van der Waals surface area (Å²) in [6.07, 6.45) is 3.47. The van der Waals surface area contributed by atoms with Gasteiger partial charge in [-0.3, -0.25) is 14.3 Å². The third-order valence-electron chi connectivity index (χ3n) is 4.59. The molecule has 0 saturated heterocycles. The highest BCUT2D eigenvalue weighted by atomic mass is 32.2. The van der Waals surface area contributed by atoms with Crippen LogP contribution in [-0.2, 0) is 4.79 Å². The molecule has 0 radical (unpaired) electrons. The first-order valence-electron chi connectivity index (χ1n) is 9.86. The summed E-state index contributed by atoms with van der Waals surface area (Å²) in [6.45, 7) is 8.12. The number of carbonyl (C=O) groups excluding carboxylic acids is 1. The number of pyridine rings is 1. The van der Waals surface area contributed by atoms with E-state index in [1.54, 1.807) is 19.5 Å². The summed E-state index contributed by atoms with van der Waals surface area (Å²) < 4.78 is 7.32. The van der Waals surface area contributed by atoms with Crippen LogP contribution < -0.4 is 4.74 Å². The van der Waals surface area contributed by atoms with Crippen molar-refractivity contribution in [3.8, 4) is 22.8 Å². The largest absolute Gasteiger partial charge is 0.497 e. The third-order valence-corrected chi connectivity index (χ3v) is 5.50. The average molecular weight is 426 g/mol. The number of ether oxygens (including phenoxy) is 1. The summed E-state index contributed by atoms with van der Waals surface area (Å²) in [5.74, 6) is 1.76. The van der Waals surface area contributed by atoms with E-state index in [-0.39, 0.29) is 23.7 Å². The minimum absolute atomic E-state index is 0.0770. The van der Waals surface area contributed by atoms with Crippen LogP contribution in [0.5, 0.6) is 5.75 Å². The number of thioether (sulfide) groups is 1. The Morgan fingerprint density at radius 3 is 2.53 bits per heavy atom. The summed E-state index contributed by atoms with van der Waals surface area (Å²) in [5.41, 5.74) is 1.70. The predicted molar refractivity (Wildman–Crippen MR) is 119 cm³/mol. The van der Waals surface area contributed by atoms with Crippen LogP contribution in [0.2, 0.25) is 0 Å². The van der Waals surface area contributed by atoms with Crippen LogP contribution in [0.15, 0.2) is 53.9 Å². The van der Waals surface area contributed by atoms with Gasteiger partial charge in [-0.2, -0.15) is 0 Å². The van der Waals surface area contributed by atoms with Crippen molar-refractivity contribution in [1.82, 2.24) is 24.6 Å². The van der Waals surface area contributed by atoms with Crippen molar-refractivity contribution in [2.24, 2.45) is 0 Å². The van der Waals surface area contributed by atoms with E-state index < -0.39 is 0 Å². The minimum Gasteiger partial charge on any atom is -0.497 e. The summed E-state index contributed by atoms with van der Waals surface area (Å²) in [5, 5.41) is 9.42. The summed E-state index contributed by atoms with van der Waals surface area (Å²) in [4.78, 5) is 18.9. The van der Waals surface area contributed by atoms with E-state index in [2.05, 4.69) is 15.2 Å². The fraction of sp³-hybridized carbons (Fsp3) is 0.364. The lowest BCUT2D eigenvalue weighted by atomic mass is 10.2. The third kappa shape index (κ3) is 4.81. The van der Waals surface area contributed by atoms with Gasteiger partial charge in [-0.15, -0.1) is 10.2 Å². The lowest BCUT2D eigenvalue weighted by molar-refractivity contribution is -0.131. The molecule has 0 unspecified atom stereocenters. The first-order valence-corrected chi connectivity index (χ1v) is 10.8. The standard InChI is InChI=1S/C22H27N5O2S/c1-15(2)26(16(3)4)20(28)14-30-22-25-24-21(17-8-7-11-23-13-17)27(22)18-9-6-10-19(12-18)29-5/h6-13,15-16H,14H2,1-5H3. The molecular weight excluding hydrogens is 398 g/mol. The monoisotopic (exact) mass is 425 g/mol. The molecule has 1 amide bonds. The van der Waals surface area contributed by atoms with Gasteiger partial charge in [0.2, 0.25) is 5.91 Å². The number of hydrogen-bond donors (Lipinski definition) is 0. The number of carbonyl (C=O) groups is 1. The highest BCUT2D eigenvalue weighted by Gasteiger charge is 2.22. The number of aromatic nitrogens is 4. The molecule has 1 aromatic carbocycles. The van der Waals surface area contributed by atoms with E-state index in [1.165, 1.54) is 11.8 Å². The van der Waals surface area contributed by atoms with Crippen LogP contribution in [0.1, 0.15) is 27.7 Å². The van der Waals surface area contributed by atoms with E-state index in [1.807, 2.05) is 73.6 Å². The first-order chi connectivity index (χ1) is 14.4. The Morgan fingerprint density at radius 2 is 1.90 bits per heavy atom. The SMILES string of the molecule is COc1cccc(-n2c(SCC(=O)N(C(C)C)C(C)C)nnc2-c2cccnc2)c1. The normalized spacial score (nSPS) is 11.2. The Kier molecular flexibility index (Phi) is 7.10. The smallest absolute Gasteiger partial charge is 0.233 e. The topological polar surface area (TPSA) is 73.1 Å². The van der Waals surface area contributed by atoms with Crippen molar-refractivity contribution in [3.05, 3.63) is 48.8 Å². The molecule has 0 spiro atoms. The molecule has 8 heteroatoms. The molecule has 0 aliphatic rings. The van der Waals surface area contributed by atoms with Crippen LogP contribution in [0, 0.1) is 0 Å². The molecule has 0 atom stereocenters. The summed E-state index contributed by atoms with van der Waals surface area (Å²) >= 11 is 1.38. The molecular formula is C22H27N5O2S. The quantitative estimate of drug-likeness (QED) is 0.507. The molecule has 0 N–H and O–H groups in total. The Balaban J connectivity index is 1.97. The summed E-state index contributed by atoms with van der Waals surface area (Å²) in [7, 11) is 1.63. The molecule has 3 rings (SSSR count). The highest BCUT2D eigenvalue weighted by Crippen LogP contribution is 2.29. The number of methoxy groups -OCH3 is 1. The van der Waals surface area contributed by atoms with Crippen LogP contribution in [-0.4, -0.2) is 55.5 Å². The molecule has 3 aromatic rings. The van der Waals surface area contributed by atoms with Gasteiger partial charge in [-0.1, -0.05) is 17.8 Å². The Morgan fingerprint density at radius 1 is 1.13 bits per heavy atom. The van der Waals surface area contributed by atoms with Crippen molar-refractivity contribution in [2.75, 3.05) is 12.9 Å². The zero-order chi connectivity index (χ0) is 21.7. The molecule has 30 heavy (non-hydrogen) atoms. The first kappa shape index (κ1) is 21.8. The molecule has 0 bridgehead atoms. The Hall–Kier alpha value is -2.87. The summed E-state index contributed by atoms with van der Waals surface area (Å²) in [6, 6.07) is 11.8. The van der Waals surface area contributed by atoms with E-state index in [9.17, 15) is 4.79 Å². The van der Waals surface area contributed by atoms with Crippen molar-refractivity contribution >= 4 is 17.7 Å². The second-order valence-electron chi connectivity index (χ2n) is 7.36. The van der Waals surface area contributed by atoms with Gasteiger partial charge in [0.25, 0.3) is 0 Å². The van der Waals surface area contributed by atoms with Gasteiger partial charge in [0.15, 0.2) is 11.0 Å². The molecule has 158 valence electrons. The number of hydrogen-bond acceptors (Lipinski definition) is 6. The van der Waals surface area contributed by atoms with E-state index in [4.69, 9.17) is 4.74 Å². The van der Waals surface area contributed by atoms with E-state index in [0.29, 0.717) is 11.0 Å². The van der Waals surface area contributed by atoms with Gasteiger partial charge in [0.05, 0.1) is 18.6 Å². The molecule has 2 heterocycles. The fourth-order valence-corrected chi connectivity index (χ4v) is 4.22. The second kappa shape index (κ2) is 9.75. The molecule has 7 nitrogen and oxygen atoms in total. The molecule has 0 aliphatic heterocycles. The van der Waals surface area contributed by atoms with Crippen LogP contribution >= 0.6 is 11.8 Å². The van der Waals surface area contributed by atoms with Gasteiger partial charge < -0.3 is 9.64 Å². The zero-order valence-electron chi connectivity index (χ0n) is 17.9. The van der Waals surface area contributed by atoms with Gasteiger partial charge >= 0.3 is 0 Å². The second-order valence-corrected chi connectivity index (χ2v) is 8.30. The molecule has 0 fully saturated rings. The van der Waals surface area contributed by atoms with Crippen LogP contribution in [0.3, 0.4) is 0 Å². The van der Waals surface area contributed by atoms with Crippen molar-refractivity contribution in [2.45, 2.75) is 44.9 Å². The van der Waals surface area contributed by atoms with E-state index >= 15 is 0 Å². The number of amides is 1. The van der Waals surface area contributed by atoms with Gasteiger partial charge in [-0.25, -0.2) is 0 Å². The Labute approximate surface area is 181 Å². The maximum Gasteiger partial charge on any atom is 0.233 e. The maximum absolute atomic E-state index is 12.8. The minimum atomic E-state index is 0.0770. The van der Waals surface area contributed by atoms with Crippen LogP contribution in [0.25, 0.3) is 17.1 Å². The highest BCUT2D eigenvalue weighted by molar-refractivity contribution is 7.99. The lowest BCUT2D eigenvalue weighted by Gasteiger charge is -2.30. The zero-order valence-corrected chi connectivity index (χ0v) is 18.8. The van der Waals surface area contributed by atoms with Crippen LogP contribution in [0.4, 0.5) is 0 Å². The Bertz CT molecular complexity index is 980. The van der Waals surface area contributed by atoms with Crippen molar-refractivity contribution < 1.29 is 9.53 Å². The maximum atomic E-state index is 12.8. The van der Waals surface area contributed by atoms with Crippen molar-refractivity contribution in [1.29, 1.82) is 0 Å². The van der Waals surface area contributed by atoms with Gasteiger partial charge in [0.1, 0.15) is 5.75 Å². The van der Waals surface area contributed by atoms with E-state index in [0.717, 1.165) is 17.0 Å². The van der Waals surface area contributed by atoms with Gasteiger partial charge in [0, 0.05) is 36.1 Å². The average Bonchev–Trinajstić information content (AvgIpc) is 3.16. The van der Waals surface area contributed by atoms with Crippen molar-refractivity contribution in [3.63, 3.8) is 0 Å². The van der Waals surface area contributed by atoms with Gasteiger partial charge in [-0.05, 0) is 52.0 Å². The fourth-order valence-electron chi connectivity index (χ4n) is 3.40. The number of rotatable bonds is 8. The lowest BCUT2D eigenvalue weighted by Crippen LogP contribution is -2.43. The molecule has 2 aromatic heterocycles. The molecule has 0 saturated carbocycles. The number of nitrogens with zero attached hydrogens (tertiary/aromatic N) is 5. The predicted octanol–water partition coefficient (Wildman–Crippen LogP) is 4.08. The molecule has 0 aliphatic carbocycles.